The van der Waals surface area contributed by atoms with E-state index < -0.39 is 0 Å². The van der Waals surface area contributed by atoms with E-state index in [1.54, 1.807) is 11.9 Å². The highest BCUT2D eigenvalue weighted by atomic mass is 32.2. The highest BCUT2D eigenvalue weighted by molar-refractivity contribution is 7.96. The van der Waals surface area contributed by atoms with Gasteiger partial charge in [0, 0.05) is 30.9 Å². The minimum absolute atomic E-state index is 0.274. The Kier molecular flexibility index (Phi) is 7.25. The van der Waals surface area contributed by atoms with Crippen LogP contribution in [0.4, 0.5) is 0 Å². The third-order valence-electron chi connectivity index (χ3n) is 4.53. The number of hydrogen-bond donors (Lipinski definition) is 1. The van der Waals surface area contributed by atoms with Gasteiger partial charge in [0.15, 0.2) is 0 Å². The molecule has 7 heteroatoms. The fourth-order valence-corrected chi connectivity index (χ4v) is 3.42. The number of fused-ring (bicyclic) bond motifs is 1. The van der Waals surface area contributed by atoms with Crippen LogP contribution in [-0.2, 0) is 9.53 Å². The molecule has 0 aliphatic carbocycles. The molecule has 138 valence electrons. The summed E-state index contributed by atoms with van der Waals surface area (Å²) in [6.45, 7) is 7.42. The maximum atomic E-state index is 12.1. The molecule has 2 heterocycles. The third kappa shape index (κ3) is 4.73. The van der Waals surface area contributed by atoms with Crippen LogP contribution >= 0.6 is 11.9 Å². The lowest BCUT2D eigenvalue weighted by atomic mass is 10.1. The van der Waals surface area contributed by atoms with Crippen LogP contribution in [0.15, 0.2) is 33.5 Å². The summed E-state index contributed by atoms with van der Waals surface area (Å²) in [4.78, 5) is 23.4. The Hall–Kier alpha value is -1.60. The minimum Gasteiger partial charge on any atom is -0.466 e. The summed E-state index contributed by atoms with van der Waals surface area (Å²) in [5.41, 5.74) is 2.52. The first kappa shape index (κ1) is 19.7. The normalized spacial score (nSPS) is 22.3. The Labute approximate surface area is 154 Å². The standard InChI is InChI=1S/C18H28N4O2S/c1-6-12(2)7-8-19-13(3)17-20-10-15(18(23)24-4)16-9-14(21-25-5)11-22(16)17/h7-8,12,14,21H,6,9-11H2,1-5H3/b8-7-,19-13+. The number of methoxy groups -OCH3 is 1. The van der Waals surface area contributed by atoms with Crippen molar-refractivity contribution in [3.8, 4) is 0 Å². The van der Waals surface area contributed by atoms with Crippen LogP contribution < -0.4 is 4.72 Å². The zero-order valence-electron chi connectivity index (χ0n) is 15.7. The molecule has 2 rings (SSSR count). The highest BCUT2D eigenvalue weighted by Crippen LogP contribution is 2.30. The molecule has 1 saturated heterocycles. The number of nitrogens with zero attached hydrogens (tertiary/aromatic N) is 3. The number of hydrogen-bond acceptors (Lipinski definition) is 7. The van der Waals surface area contributed by atoms with Crippen molar-refractivity contribution in [3.63, 3.8) is 0 Å². The van der Waals surface area contributed by atoms with Gasteiger partial charge >= 0.3 is 5.97 Å². The van der Waals surface area contributed by atoms with E-state index in [1.807, 2.05) is 19.4 Å². The molecule has 2 atom stereocenters. The minimum atomic E-state index is -0.293. The van der Waals surface area contributed by atoms with Crippen molar-refractivity contribution >= 4 is 29.5 Å². The Balaban J connectivity index is 2.24. The Morgan fingerprint density at radius 2 is 2.36 bits per heavy atom. The lowest BCUT2D eigenvalue weighted by molar-refractivity contribution is -0.136. The van der Waals surface area contributed by atoms with Crippen molar-refractivity contribution in [1.29, 1.82) is 0 Å². The van der Waals surface area contributed by atoms with Crippen LogP contribution in [0.25, 0.3) is 0 Å². The molecule has 0 aromatic carbocycles. The number of carbonyl (C=O) groups excluding carboxylic acids is 1. The van der Waals surface area contributed by atoms with Crippen LogP contribution in [0.5, 0.6) is 0 Å². The van der Waals surface area contributed by atoms with Crippen LogP contribution in [0.3, 0.4) is 0 Å². The first-order valence-corrected chi connectivity index (χ1v) is 9.86. The summed E-state index contributed by atoms with van der Waals surface area (Å²) < 4.78 is 8.32. The van der Waals surface area contributed by atoms with Crippen molar-refractivity contribution in [2.45, 2.75) is 39.7 Å². The smallest absolute Gasteiger partial charge is 0.337 e. The second-order valence-corrected chi connectivity index (χ2v) is 6.98. The topological polar surface area (TPSA) is 66.3 Å². The van der Waals surface area contributed by atoms with Gasteiger partial charge in [-0.1, -0.05) is 38.3 Å². The summed E-state index contributed by atoms with van der Waals surface area (Å²) in [6, 6.07) is 0.274. The fourth-order valence-electron chi connectivity index (χ4n) is 2.93. The van der Waals surface area contributed by atoms with Gasteiger partial charge in [-0.05, 0) is 19.1 Å². The van der Waals surface area contributed by atoms with Crippen LogP contribution in [0, 0.1) is 5.92 Å². The second kappa shape index (κ2) is 9.20. The number of amidine groups is 1. The fraction of sp³-hybridized carbons (Fsp3) is 0.611. The van der Waals surface area contributed by atoms with Gasteiger partial charge in [-0.3, -0.25) is 14.7 Å². The van der Waals surface area contributed by atoms with Gasteiger partial charge in [-0.15, -0.1) is 0 Å². The first-order chi connectivity index (χ1) is 12.0. The third-order valence-corrected chi connectivity index (χ3v) is 5.10. The van der Waals surface area contributed by atoms with Gasteiger partial charge in [0.05, 0.1) is 24.9 Å². The molecule has 2 unspecified atom stereocenters. The molecule has 0 aromatic rings. The molecule has 0 aromatic heterocycles. The molecule has 0 amide bonds. The van der Waals surface area contributed by atoms with E-state index in [4.69, 9.17) is 4.74 Å². The van der Waals surface area contributed by atoms with Crippen molar-refractivity contribution in [2.75, 3.05) is 26.5 Å². The average molecular weight is 365 g/mol. The summed E-state index contributed by atoms with van der Waals surface area (Å²) in [5, 5.41) is 0. The SMILES string of the molecule is CCC(C)/C=C\N=C(/C)C1=NCC(C(=O)OC)=C2CC(NSC)CN12. The molecule has 2 aliphatic rings. The lowest BCUT2D eigenvalue weighted by Crippen LogP contribution is -2.39. The Morgan fingerprint density at radius 3 is 3.00 bits per heavy atom. The first-order valence-electron chi connectivity index (χ1n) is 8.64. The number of nitrogens with one attached hydrogen (secondary N) is 1. The summed E-state index contributed by atoms with van der Waals surface area (Å²) in [7, 11) is 1.42. The molecule has 6 nitrogen and oxygen atoms in total. The Morgan fingerprint density at radius 1 is 1.60 bits per heavy atom. The predicted octanol–water partition coefficient (Wildman–Crippen LogP) is 2.79. The molecule has 25 heavy (non-hydrogen) atoms. The number of allylic oxidation sites excluding steroid dienone is 1. The monoisotopic (exact) mass is 364 g/mol. The molecular formula is C18H28N4O2S. The van der Waals surface area contributed by atoms with Gasteiger partial charge < -0.3 is 9.64 Å². The zero-order chi connectivity index (χ0) is 18.4. The van der Waals surface area contributed by atoms with E-state index in [0.717, 1.165) is 36.6 Å². The summed E-state index contributed by atoms with van der Waals surface area (Å²) in [6.07, 6.45) is 7.86. The molecular weight excluding hydrogens is 336 g/mol. The van der Waals surface area contributed by atoms with E-state index in [9.17, 15) is 4.79 Å². The molecule has 0 spiro atoms. The predicted molar refractivity (Wildman–Crippen MR) is 105 cm³/mol. The molecule has 1 N–H and O–H groups in total. The van der Waals surface area contributed by atoms with Gasteiger partial charge in [0.1, 0.15) is 5.84 Å². The number of aliphatic imine (C=N–C) groups is 2. The number of rotatable bonds is 7. The van der Waals surface area contributed by atoms with E-state index in [2.05, 4.69) is 39.5 Å². The van der Waals surface area contributed by atoms with Crippen molar-refractivity contribution in [1.82, 2.24) is 9.62 Å². The summed E-state index contributed by atoms with van der Waals surface area (Å²) in [5.74, 6) is 1.06. The highest BCUT2D eigenvalue weighted by Gasteiger charge is 2.36. The maximum Gasteiger partial charge on any atom is 0.337 e. The lowest BCUT2D eigenvalue weighted by Gasteiger charge is -2.27. The van der Waals surface area contributed by atoms with E-state index in [1.165, 1.54) is 7.11 Å². The van der Waals surface area contributed by atoms with Crippen molar-refractivity contribution < 1.29 is 9.53 Å². The van der Waals surface area contributed by atoms with Gasteiger partial charge in [0.25, 0.3) is 0 Å². The quantitative estimate of drug-likeness (QED) is 0.427. The van der Waals surface area contributed by atoms with E-state index >= 15 is 0 Å². The van der Waals surface area contributed by atoms with Crippen LogP contribution in [0.2, 0.25) is 0 Å². The second-order valence-electron chi connectivity index (χ2n) is 6.33. The Bertz CT molecular complexity index is 625. The maximum absolute atomic E-state index is 12.1. The molecule has 1 fully saturated rings. The van der Waals surface area contributed by atoms with Gasteiger partial charge in [-0.2, -0.15) is 0 Å². The number of esters is 1. The number of carbonyl (C=O) groups is 1. The number of ether oxygens (including phenoxy) is 1. The van der Waals surface area contributed by atoms with Crippen molar-refractivity contribution in [3.05, 3.63) is 23.5 Å². The van der Waals surface area contributed by atoms with E-state index in [-0.39, 0.29) is 12.0 Å². The van der Waals surface area contributed by atoms with Crippen LogP contribution in [0.1, 0.15) is 33.6 Å². The molecule has 0 saturated carbocycles. The summed E-state index contributed by atoms with van der Waals surface area (Å²) >= 11 is 1.59. The van der Waals surface area contributed by atoms with Gasteiger partial charge in [-0.25, -0.2) is 4.79 Å². The molecule has 2 aliphatic heterocycles. The molecule has 0 bridgehead atoms. The largest absolute Gasteiger partial charge is 0.466 e. The van der Waals surface area contributed by atoms with Gasteiger partial charge in [0.2, 0.25) is 0 Å². The molecule has 0 radical (unpaired) electrons. The van der Waals surface area contributed by atoms with Crippen LogP contribution in [-0.4, -0.2) is 54.9 Å². The van der Waals surface area contributed by atoms with E-state index in [0.29, 0.717) is 18.0 Å². The zero-order valence-corrected chi connectivity index (χ0v) is 16.5. The van der Waals surface area contributed by atoms with Crippen molar-refractivity contribution in [2.24, 2.45) is 15.9 Å². The average Bonchev–Trinajstić information content (AvgIpc) is 3.03.